The molecular weight excluding hydrogens is 182 g/mol. The van der Waals surface area contributed by atoms with Crippen molar-refractivity contribution in [2.75, 3.05) is 6.61 Å². The van der Waals surface area contributed by atoms with Crippen LogP contribution in [-0.4, -0.2) is 29.7 Å². The van der Waals surface area contributed by atoms with E-state index in [-0.39, 0.29) is 6.42 Å². The summed E-state index contributed by atoms with van der Waals surface area (Å²) in [4.78, 5) is 21.6. The first-order chi connectivity index (χ1) is 5.99. The minimum atomic E-state index is -2.52. The maximum Gasteiger partial charge on any atom is 0.238 e. The van der Waals surface area contributed by atoms with Crippen molar-refractivity contribution in [2.45, 2.75) is 26.2 Å². The number of carbonyl (C=O) groups is 2. The molecule has 0 fully saturated rings. The highest BCUT2D eigenvalue weighted by molar-refractivity contribution is 6.01. The van der Waals surface area contributed by atoms with Crippen LogP contribution in [0.4, 0.5) is 8.78 Å². The molecule has 1 unspecified atom stereocenters. The van der Waals surface area contributed by atoms with Crippen LogP contribution >= 0.6 is 0 Å². The zero-order chi connectivity index (χ0) is 10.4. The van der Waals surface area contributed by atoms with Gasteiger partial charge in [0.15, 0.2) is 5.78 Å². The Labute approximate surface area is 74.7 Å². The Morgan fingerprint density at radius 2 is 1.85 bits per heavy atom. The number of carbonyl (C=O) groups excluding carboxylic acids is 2. The Kier molecular flexibility index (Phi) is 5.37. The first-order valence-electron chi connectivity index (χ1n) is 3.91. The van der Waals surface area contributed by atoms with Gasteiger partial charge in [0.25, 0.3) is 0 Å². The number of halogens is 2. The van der Waals surface area contributed by atoms with E-state index in [2.05, 4.69) is 0 Å². The van der Waals surface area contributed by atoms with Gasteiger partial charge in [-0.3, -0.25) is 9.59 Å². The summed E-state index contributed by atoms with van der Waals surface area (Å²) in [6, 6.07) is 0. The van der Waals surface area contributed by atoms with E-state index >= 15 is 0 Å². The lowest BCUT2D eigenvalue weighted by molar-refractivity contribution is -0.133. The van der Waals surface area contributed by atoms with E-state index in [1.54, 1.807) is 0 Å². The third-order valence-electron chi connectivity index (χ3n) is 1.71. The van der Waals surface area contributed by atoms with E-state index in [1.165, 1.54) is 0 Å². The molecule has 0 aromatic carbocycles. The molecule has 0 spiro atoms. The second-order valence-corrected chi connectivity index (χ2v) is 2.76. The maximum absolute atomic E-state index is 11.7. The van der Waals surface area contributed by atoms with Crippen LogP contribution in [0.25, 0.3) is 0 Å². The second kappa shape index (κ2) is 5.75. The van der Waals surface area contributed by atoms with Gasteiger partial charge in [0, 0.05) is 6.42 Å². The van der Waals surface area contributed by atoms with E-state index in [4.69, 9.17) is 5.11 Å². The molecule has 0 saturated carbocycles. The Morgan fingerprint density at radius 1 is 1.31 bits per heavy atom. The first kappa shape index (κ1) is 12.2. The van der Waals surface area contributed by atoms with Crippen LogP contribution in [0.1, 0.15) is 19.8 Å². The van der Waals surface area contributed by atoms with Crippen molar-refractivity contribution in [1.82, 2.24) is 0 Å². The fraction of sp³-hybridized carbons (Fsp3) is 0.750. The average Bonchev–Trinajstić information content (AvgIpc) is 2.03. The molecule has 76 valence electrons. The first-order valence-corrected chi connectivity index (χ1v) is 3.91. The van der Waals surface area contributed by atoms with Crippen molar-refractivity contribution in [1.29, 1.82) is 0 Å². The quantitative estimate of drug-likeness (QED) is 0.636. The number of aliphatic hydroxyl groups is 1. The number of alkyl halides is 2. The van der Waals surface area contributed by atoms with Gasteiger partial charge in [-0.2, -0.15) is 0 Å². The van der Waals surface area contributed by atoms with Crippen molar-refractivity contribution in [3.05, 3.63) is 0 Å². The number of rotatable bonds is 6. The Bertz CT molecular complexity index is 192. The maximum atomic E-state index is 11.7. The van der Waals surface area contributed by atoms with E-state index < -0.39 is 36.9 Å². The lowest BCUT2D eigenvalue weighted by Crippen LogP contribution is -2.25. The molecular formula is C8H12F2O3. The topological polar surface area (TPSA) is 54.4 Å². The fourth-order valence-electron chi connectivity index (χ4n) is 0.994. The van der Waals surface area contributed by atoms with E-state index in [1.807, 2.05) is 0 Å². The molecule has 0 aromatic rings. The highest BCUT2D eigenvalue weighted by atomic mass is 19.3. The van der Waals surface area contributed by atoms with Crippen LogP contribution in [0.5, 0.6) is 0 Å². The molecule has 0 amide bonds. The Hall–Kier alpha value is -0.840. The molecule has 0 aliphatic heterocycles. The van der Waals surface area contributed by atoms with Crippen LogP contribution in [0.3, 0.4) is 0 Å². The summed E-state index contributed by atoms with van der Waals surface area (Å²) in [6.07, 6.45) is -3.20. The zero-order valence-corrected chi connectivity index (χ0v) is 7.30. The van der Waals surface area contributed by atoms with Gasteiger partial charge in [-0.15, -0.1) is 0 Å². The van der Waals surface area contributed by atoms with Crippen molar-refractivity contribution in [3.8, 4) is 0 Å². The van der Waals surface area contributed by atoms with Gasteiger partial charge in [0.2, 0.25) is 6.43 Å². The van der Waals surface area contributed by atoms with Crippen LogP contribution < -0.4 is 0 Å². The molecule has 0 aliphatic rings. The van der Waals surface area contributed by atoms with Crippen LogP contribution in [0.2, 0.25) is 0 Å². The van der Waals surface area contributed by atoms with Gasteiger partial charge in [-0.25, -0.2) is 8.78 Å². The summed E-state index contributed by atoms with van der Waals surface area (Å²) in [6.45, 7) is 0.386. The molecule has 0 aromatic heterocycles. The molecule has 0 heterocycles. The molecule has 1 atom stereocenters. The lowest BCUT2D eigenvalue weighted by atomic mass is 9.95. The van der Waals surface area contributed by atoms with Gasteiger partial charge in [0.1, 0.15) is 12.4 Å². The fourth-order valence-corrected chi connectivity index (χ4v) is 0.994. The van der Waals surface area contributed by atoms with Crippen molar-refractivity contribution >= 4 is 11.6 Å². The molecule has 0 saturated heterocycles. The van der Waals surface area contributed by atoms with Crippen LogP contribution in [0.15, 0.2) is 0 Å². The van der Waals surface area contributed by atoms with E-state index in [0.717, 1.165) is 6.92 Å². The molecule has 0 bridgehead atoms. The largest absolute Gasteiger partial charge is 0.389 e. The third kappa shape index (κ3) is 4.67. The summed E-state index contributed by atoms with van der Waals surface area (Å²) in [5, 5.41) is 8.43. The molecule has 1 N–H and O–H groups in total. The monoisotopic (exact) mass is 194 g/mol. The lowest BCUT2D eigenvalue weighted by Gasteiger charge is -2.09. The van der Waals surface area contributed by atoms with Gasteiger partial charge in [-0.1, -0.05) is 0 Å². The minimum absolute atomic E-state index is 0.188. The number of aliphatic hydroxyl groups excluding tert-OH is 1. The van der Waals surface area contributed by atoms with Gasteiger partial charge in [-0.05, 0) is 13.3 Å². The summed E-state index contributed by atoms with van der Waals surface area (Å²) < 4.78 is 23.5. The van der Waals surface area contributed by atoms with Gasteiger partial charge < -0.3 is 5.11 Å². The summed E-state index contributed by atoms with van der Waals surface area (Å²) in [5.74, 6) is -2.23. The predicted molar refractivity (Wildman–Crippen MR) is 41.5 cm³/mol. The van der Waals surface area contributed by atoms with Crippen molar-refractivity contribution in [3.63, 3.8) is 0 Å². The third-order valence-corrected chi connectivity index (χ3v) is 1.71. The average molecular weight is 194 g/mol. The van der Waals surface area contributed by atoms with Gasteiger partial charge in [0.05, 0.1) is 5.92 Å². The van der Waals surface area contributed by atoms with Crippen molar-refractivity contribution in [2.24, 2.45) is 5.92 Å². The van der Waals surface area contributed by atoms with Crippen LogP contribution in [-0.2, 0) is 9.59 Å². The zero-order valence-electron chi connectivity index (χ0n) is 7.30. The second-order valence-electron chi connectivity index (χ2n) is 2.76. The minimum Gasteiger partial charge on any atom is -0.389 e. The number of Topliss-reactive ketones (excluding diaryl/α,β-unsaturated/α-hetero) is 2. The summed E-state index contributed by atoms with van der Waals surface area (Å²) in [5.41, 5.74) is 0. The van der Waals surface area contributed by atoms with Crippen LogP contribution in [0, 0.1) is 5.92 Å². The molecule has 0 aliphatic carbocycles. The van der Waals surface area contributed by atoms with E-state index in [9.17, 15) is 18.4 Å². The molecule has 3 nitrogen and oxygen atoms in total. The Morgan fingerprint density at radius 3 is 2.15 bits per heavy atom. The van der Waals surface area contributed by atoms with Crippen molar-refractivity contribution < 1.29 is 23.5 Å². The SMILES string of the molecule is CC(=O)C(CCC(F)F)C(=O)CO. The smallest absolute Gasteiger partial charge is 0.238 e. The standard InChI is InChI=1S/C8H12F2O3/c1-5(12)6(7(13)4-11)2-3-8(9)10/h6,8,11H,2-4H2,1H3. The molecule has 0 rings (SSSR count). The molecule has 0 radical (unpaired) electrons. The Balaban J connectivity index is 4.11. The number of hydrogen-bond donors (Lipinski definition) is 1. The highest BCUT2D eigenvalue weighted by Crippen LogP contribution is 2.13. The normalized spacial score (nSPS) is 13.0. The number of hydrogen-bond acceptors (Lipinski definition) is 3. The van der Waals surface area contributed by atoms with Gasteiger partial charge >= 0.3 is 0 Å². The molecule has 5 heteroatoms. The van der Waals surface area contributed by atoms with E-state index in [0.29, 0.717) is 0 Å². The summed E-state index contributed by atoms with van der Waals surface area (Å²) in [7, 11) is 0. The summed E-state index contributed by atoms with van der Waals surface area (Å²) >= 11 is 0. The molecule has 13 heavy (non-hydrogen) atoms. The number of ketones is 2. The predicted octanol–water partition coefficient (Wildman–Crippen LogP) is 0.798. The highest BCUT2D eigenvalue weighted by Gasteiger charge is 2.23.